The van der Waals surface area contributed by atoms with Crippen molar-refractivity contribution in [1.82, 2.24) is 23.8 Å². The average Bonchev–Trinajstić information content (AvgIpc) is 3.47. The van der Waals surface area contributed by atoms with Crippen LogP contribution in [0.5, 0.6) is 5.75 Å². The molecule has 0 fully saturated rings. The molecule has 5 aromatic rings. The molecule has 0 unspecified atom stereocenters. The molecule has 36 heavy (non-hydrogen) atoms. The number of amides is 1. The van der Waals surface area contributed by atoms with Gasteiger partial charge in [0.25, 0.3) is 0 Å². The fraction of sp³-hybridized carbons (Fsp3) is 0.259. The number of hydrogen-bond donors (Lipinski definition) is 0. The molecule has 0 aliphatic rings. The van der Waals surface area contributed by atoms with Crippen LogP contribution in [0, 0.1) is 0 Å². The quantitative estimate of drug-likeness (QED) is 0.295. The lowest BCUT2D eigenvalue weighted by Crippen LogP contribution is -2.36. The van der Waals surface area contributed by atoms with Crippen LogP contribution >= 0.6 is 0 Å². The second-order valence-electron chi connectivity index (χ2n) is 8.49. The zero-order valence-corrected chi connectivity index (χ0v) is 20.4. The molecule has 2 aromatic carbocycles. The van der Waals surface area contributed by atoms with Crippen LogP contribution < -0.4 is 15.3 Å². The van der Waals surface area contributed by atoms with Crippen molar-refractivity contribution in [2.75, 3.05) is 18.1 Å². The Bertz CT molecular complexity index is 1550. The minimum absolute atomic E-state index is 0.157. The lowest BCUT2D eigenvalue weighted by atomic mass is 10.1. The Labute approximate surface area is 208 Å². The summed E-state index contributed by atoms with van der Waals surface area (Å²) in [5.41, 5.74) is 3.21. The fourth-order valence-corrected chi connectivity index (χ4v) is 4.16. The van der Waals surface area contributed by atoms with E-state index < -0.39 is 0 Å². The normalized spacial score (nSPS) is 11.3. The molecule has 9 nitrogen and oxygen atoms in total. The Morgan fingerprint density at radius 2 is 1.78 bits per heavy atom. The molecule has 9 heteroatoms. The number of carbonyl (C=O) groups is 1. The molecule has 0 radical (unpaired) electrons. The molecule has 184 valence electrons. The van der Waals surface area contributed by atoms with Gasteiger partial charge in [-0.05, 0) is 55.8 Å². The predicted octanol–water partition coefficient (Wildman–Crippen LogP) is 4.04. The van der Waals surface area contributed by atoms with Crippen molar-refractivity contribution in [2.24, 2.45) is 0 Å². The van der Waals surface area contributed by atoms with Crippen LogP contribution in [0.4, 0.5) is 5.69 Å². The van der Waals surface area contributed by atoms with Crippen molar-refractivity contribution in [3.8, 4) is 17.0 Å². The number of fused-ring (bicyclic) bond motifs is 3. The summed E-state index contributed by atoms with van der Waals surface area (Å²) >= 11 is 0. The van der Waals surface area contributed by atoms with E-state index >= 15 is 0 Å². The lowest BCUT2D eigenvalue weighted by molar-refractivity contribution is -0.119. The van der Waals surface area contributed by atoms with E-state index in [1.807, 2.05) is 67.6 Å². The van der Waals surface area contributed by atoms with Gasteiger partial charge in [0.1, 0.15) is 17.8 Å². The number of carbonyl (C=O) groups excluding carboxylic acids is 1. The molecule has 3 aromatic heterocycles. The first-order valence-electron chi connectivity index (χ1n) is 12.1. The number of hydrogen-bond acceptors (Lipinski definition) is 5. The summed E-state index contributed by atoms with van der Waals surface area (Å²) in [6, 6.07) is 19.1. The first-order chi connectivity index (χ1) is 17.6. The van der Waals surface area contributed by atoms with Crippen molar-refractivity contribution in [3.63, 3.8) is 0 Å². The van der Waals surface area contributed by atoms with Gasteiger partial charge in [0.2, 0.25) is 5.91 Å². The highest BCUT2D eigenvalue weighted by atomic mass is 16.5. The van der Waals surface area contributed by atoms with Gasteiger partial charge in [-0.2, -0.15) is 5.10 Å². The zero-order valence-electron chi connectivity index (χ0n) is 20.4. The molecule has 0 saturated heterocycles. The first-order valence-corrected chi connectivity index (χ1v) is 12.1. The molecule has 5 rings (SSSR count). The highest BCUT2D eigenvalue weighted by Gasteiger charge is 2.19. The highest BCUT2D eigenvalue weighted by Crippen LogP contribution is 2.24. The number of unbranched alkanes of at least 4 members (excludes halogenated alkanes) is 1. The van der Waals surface area contributed by atoms with Gasteiger partial charge in [-0.25, -0.2) is 18.4 Å². The monoisotopic (exact) mass is 484 g/mol. The van der Waals surface area contributed by atoms with Crippen LogP contribution in [0.15, 0.2) is 77.9 Å². The maximum Gasteiger partial charge on any atom is 0.350 e. The van der Waals surface area contributed by atoms with Crippen molar-refractivity contribution < 1.29 is 9.53 Å². The average molecular weight is 485 g/mol. The van der Waals surface area contributed by atoms with E-state index in [9.17, 15) is 9.59 Å². The topological polar surface area (TPSA) is 86.1 Å². The van der Waals surface area contributed by atoms with E-state index in [-0.39, 0.29) is 18.1 Å². The number of rotatable bonds is 9. The third-order valence-corrected chi connectivity index (χ3v) is 6.08. The van der Waals surface area contributed by atoms with Gasteiger partial charge in [0.15, 0.2) is 5.65 Å². The number of ether oxygens (including phenoxy) is 1. The van der Waals surface area contributed by atoms with E-state index in [1.165, 1.54) is 9.08 Å². The highest BCUT2D eigenvalue weighted by molar-refractivity contribution is 5.93. The first kappa shape index (κ1) is 23.3. The minimum atomic E-state index is -0.374. The molecule has 0 bridgehead atoms. The SMILES string of the molecule is CCCCOc1ccc(-c2cc3c4nn(CC(=O)N(CC)c5ccccc5)c(=O)n4ccn3n2)cc1. The Morgan fingerprint density at radius 3 is 2.50 bits per heavy atom. The second-order valence-corrected chi connectivity index (χ2v) is 8.49. The Morgan fingerprint density at radius 1 is 1.00 bits per heavy atom. The number of para-hydroxylation sites is 1. The number of likely N-dealkylation sites (N-methyl/N-ethyl adjacent to an activating group) is 1. The van der Waals surface area contributed by atoms with Crippen LogP contribution in [0.25, 0.3) is 22.4 Å². The Kier molecular flexibility index (Phi) is 6.53. The summed E-state index contributed by atoms with van der Waals surface area (Å²) in [4.78, 5) is 27.7. The van der Waals surface area contributed by atoms with Crippen LogP contribution in [-0.2, 0) is 11.3 Å². The number of anilines is 1. The van der Waals surface area contributed by atoms with E-state index in [0.717, 1.165) is 35.5 Å². The fourth-order valence-electron chi connectivity index (χ4n) is 4.16. The van der Waals surface area contributed by atoms with Crippen molar-refractivity contribution in [3.05, 3.63) is 83.5 Å². The van der Waals surface area contributed by atoms with E-state index in [0.29, 0.717) is 24.3 Å². The number of benzene rings is 2. The van der Waals surface area contributed by atoms with Gasteiger partial charge in [0, 0.05) is 30.2 Å². The Balaban J connectivity index is 1.43. The zero-order chi connectivity index (χ0) is 25.1. The molecular formula is C27H28N6O3. The number of aromatic nitrogens is 5. The maximum atomic E-state index is 13.0. The molecule has 0 saturated carbocycles. The van der Waals surface area contributed by atoms with Gasteiger partial charge in [0.05, 0.1) is 12.3 Å². The molecule has 0 N–H and O–H groups in total. The molecule has 1 amide bonds. The van der Waals surface area contributed by atoms with E-state index in [4.69, 9.17) is 4.74 Å². The molecule has 0 aliphatic heterocycles. The summed E-state index contributed by atoms with van der Waals surface area (Å²) in [6.45, 7) is 5.06. The largest absolute Gasteiger partial charge is 0.494 e. The van der Waals surface area contributed by atoms with Crippen LogP contribution in [0.3, 0.4) is 0 Å². The molecule has 0 aliphatic carbocycles. The molecular weight excluding hydrogens is 456 g/mol. The van der Waals surface area contributed by atoms with Gasteiger partial charge < -0.3 is 9.64 Å². The molecule has 3 heterocycles. The summed E-state index contributed by atoms with van der Waals surface area (Å²) in [7, 11) is 0. The van der Waals surface area contributed by atoms with Crippen molar-refractivity contribution in [1.29, 1.82) is 0 Å². The van der Waals surface area contributed by atoms with Crippen molar-refractivity contribution in [2.45, 2.75) is 33.2 Å². The van der Waals surface area contributed by atoms with Gasteiger partial charge >= 0.3 is 5.69 Å². The van der Waals surface area contributed by atoms with Gasteiger partial charge in [-0.3, -0.25) is 4.79 Å². The standard InChI is InChI=1S/C27H28N6O3/c1-3-5-17-36-22-13-11-20(12-14-22)23-18-24-26-29-33(27(35)31(26)15-16-32(24)28-23)19-25(34)30(4-2)21-9-7-6-8-10-21/h6-16,18H,3-5,17,19H2,1-2H3. The van der Waals surface area contributed by atoms with E-state index in [2.05, 4.69) is 17.1 Å². The summed E-state index contributed by atoms with van der Waals surface area (Å²) < 4.78 is 10.1. The number of nitrogens with zero attached hydrogens (tertiary/aromatic N) is 6. The third kappa shape index (κ3) is 4.47. The Hall–Kier alpha value is -4.40. The minimum Gasteiger partial charge on any atom is -0.494 e. The summed E-state index contributed by atoms with van der Waals surface area (Å²) in [5.74, 6) is 0.616. The smallest absolute Gasteiger partial charge is 0.350 e. The van der Waals surface area contributed by atoms with E-state index in [1.54, 1.807) is 21.8 Å². The lowest BCUT2D eigenvalue weighted by Gasteiger charge is -2.20. The third-order valence-electron chi connectivity index (χ3n) is 6.08. The predicted molar refractivity (Wildman–Crippen MR) is 139 cm³/mol. The second kappa shape index (κ2) is 10.1. The maximum absolute atomic E-state index is 13.0. The van der Waals surface area contributed by atoms with Crippen molar-refractivity contribution >= 4 is 22.8 Å². The summed E-state index contributed by atoms with van der Waals surface area (Å²) in [5, 5.41) is 9.15. The van der Waals surface area contributed by atoms with Crippen LogP contribution in [-0.4, -0.2) is 42.9 Å². The molecule has 0 atom stereocenters. The van der Waals surface area contributed by atoms with Gasteiger partial charge in [-0.15, -0.1) is 5.10 Å². The van der Waals surface area contributed by atoms with Crippen LogP contribution in [0.1, 0.15) is 26.7 Å². The van der Waals surface area contributed by atoms with Gasteiger partial charge in [-0.1, -0.05) is 31.5 Å². The summed E-state index contributed by atoms with van der Waals surface area (Å²) in [6.07, 6.45) is 5.44. The van der Waals surface area contributed by atoms with Crippen LogP contribution in [0.2, 0.25) is 0 Å². The molecule has 0 spiro atoms.